The highest BCUT2D eigenvalue weighted by atomic mass is 32.2. The van der Waals surface area contributed by atoms with E-state index in [1.165, 1.54) is 0 Å². The van der Waals surface area contributed by atoms with Crippen LogP contribution in [0.5, 0.6) is 0 Å². The molecule has 4 aliphatic carbocycles. The van der Waals surface area contributed by atoms with Crippen LogP contribution in [0.1, 0.15) is 39.0 Å². The second kappa shape index (κ2) is 6.55. The molecule has 6 rings (SSSR count). The summed E-state index contributed by atoms with van der Waals surface area (Å²) in [6, 6.07) is 0. The van der Waals surface area contributed by atoms with Gasteiger partial charge in [-0.05, 0) is 49.9 Å². The summed E-state index contributed by atoms with van der Waals surface area (Å²) in [4.78, 5) is 11.9. The Morgan fingerprint density at radius 2 is 1.68 bits per heavy atom. The maximum absolute atomic E-state index is 13.5. The summed E-state index contributed by atoms with van der Waals surface area (Å²) in [6.07, 6.45) is 4.27. The minimum absolute atomic E-state index is 0.0589. The molecule has 2 saturated heterocycles. The number of hydrogen-bond donors (Lipinski definition) is 0. The van der Waals surface area contributed by atoms with Gasteiger partial charge in [0.15, 0.2) is 0 Å². The van der Waals surface area contributed by atoms with Crippen LogP contribution < -0.4 is 0 Å². The number of alkyl halides is 2. The van der Waals surface area contributed by atoms with Gasteiger partial charge in [0.05, 0.1) is 17.3 Å². The summed E-state index contributed by atoms with van der Waals surface area (Å²) in [7, 11) is 0. The second-order valence-electron chi connectivity index (χ2n) is 9.33. The lowest BCUT2D eigenvalue weighted by Gasteiger charge is -2.65. The predicted octanol–water partition coefficient (Wildman–Crippen LogP) is 3.55. The average molecular weight is 455 g/mol. The Balaban J connectivity index is 1.32. The van der Waals surface area contributed by atoms with E-state index >= 15 is 0 Å². The van der Waals surface area contributed by atoms with Crippen molar-refractivity contribution >= 4 is 40.9 Å². The second-order valence-corrected chi connectivity index (χ2v) is 13.0. The Morgan fingerprint density at radius 1 is 1.11 bits per heavy atom. The van der Waals surface area contributed by atoms with E-state index in [0.717, 1.165) is 30.8 Å². The quantitative estimate of drug-likeness (QED) is 0.592. The summed E-state index contributed by atoms with van der Waals surface area (Å²) in [5.41, 5.74) is -0.819. The fourth-order valence-corrected chi connectivity index (χ4v) is 10.8. The van der Waals surface area contributed by atoms with Gasteiger partial charge in [-0.15, -0.1) is 23.5 Å². The molecule has 2 unspecified atom stereocenters. The van der Waals surface area contributed by atoms with E-state index in [0.29, 0.717) is 50.7 Å². The van der Waals surface area contributed by atoms with Crippen LogP contribution in [0.3, 0.4) is 0 Å². The van der Waals surface area contributed by atoms with Crippen molar-refractivity contribution < 1.29 is 30.9 Å². The molecule has 0 aromatic carbocycles. The van der Waals surface area contributed by atoms with Gasteiger partial charge in [-0.3, -0.25) is 8.37 Å². The molecule has 6 fully saturated rings. The van der Waals surface area contributed by atoms with Crippen LogP contribution >= 0.6 is 23.5 Å². The van der Waals surface area contributed by atoms with Gasteiger partial charge in [0.1, 0.15) is 5.60 Å². The van der Waals surface area contributed by atoms with E-state index in [1.807, 2.05) is 23.5 Å². The molecule has 2 heterocycles. The molecule has 158 valence electrons. The standard InChI is InChI=1S/C18H24F2O5S3/c1-15(19,20)14(21)25-17-4-11-2-12(5-17)18(13(3-11)6-17)26-9-16(10-27-18)7-23-28(22)24-8-16/h11-13H,2-10H2,1H3. The van der Waals surface area contributed by atoms with Crippen LogP contribution in [-0.4, -0.2) is 50.5 Å². The number of carbonyl (C=O) groups is 1. The Morgan fingerprint density at radius 3 is 2.21 bits per heavy atom. The first kappa shape index (κ1) is 20.0. The third-order valence-electron chi connectivity index (χ3n) is 7.07. The van der Waals surface area contributed by atoms with Crippen molar-refractivity contribution in [2.45, 2.75) is 54.6 Å². The molecule has 0 aromatic heterocycles. The third kappa shape index (κ3) is 3.16. The van der Waals surface area contributed by atoms with Crippen molar-refractivity contribution in [1.82, 2.24) is 0 Å². The lowest BCUT2D eigenvalue weighted by molar-refractivity contribution is -0.208. The van der Waals surface area contributed by atoms with Crippen LogP contribution in [-0.2, 0) is 29.3 Å². The zero-order valence-corrected chi connectivity index (χ0v) is 18.1. The molecule has 28 heavy (non-hydrogen) atoms. The van der Waals surface area contributed by atoms with E-state index in [2.05, 4.69) is 0 Å². The van der Waals surface area contributed by atoms with Crippen LogP contribution in [0.25, 0.3) is 0 Å². The van der Waals surface area contributed by atoms with Gasteiger partial charge in [-0.25, -0.2) is 4.79 Å². The number of rotatable bonds is 2. The zero-order chi connectivity index (χ0) is 19.8. The predicted molar refractivity (Wildman–Crippen MR) is 103 cm³/mol. The van der Waals surface area contributed by atoms with Gasteiger partial charge in [-0.1, -0.05) is 0 Å². The van der Waals surface area contributed by atoms with E-state index in [9.17, 15) is 17.8 Å². The molecule has 2 aliphatic heterocycles. The molecule has 2 spiro atoms. The number of ether oxygens (including phenoxy) is 1. The molecule has 4 bridgehead atoms. The highest BCUT2D eigenvalue weighted by molar-refractivity contribution is 8.18. The molecule has 5 nitrogen and oxygen atoms in total. The lowest BCUT2D eigenvalue weighted by Crippen LogP contribution is -2.64. The highest BCUT2D eigenvalue weighted by Gasteiger charge is 2.66. The van der Waals surface area contributed by atoms with E-state index < -0.39 is 28.9 Å². The molecule has 0 aromatic rings. The Bertz CT molecular complexity index is 674. The van der Waals surface area contributed by atoms with E-state index in [1.54, 1.807) is 0 Å². The fourth-order valence-electron chi connectivity index (χ4n) is 5.94. The van der Waals surface area contributed by atoms with Crippen LogP contribution in [0.4, 0.5) is 8.78 Å². The van der Waals surface area contributed by atoms with Crippen molar-refractivity contribution in [3.63, 3.8) is 0 Å². The summed E-state index contributed by atoms with van der Waals surface area (Å²) >= 11 is 2.26. The van der Waals surface area contributed by atoms with Crippen molar-refractivity contribution in [1.29, 1.82) is 0 Å². The number of thioether (sulfide) groups is 2. The molecular formula is C18H24F2O5S3. The number of hydrogen-bond acceptors (Lipinski definition) is 7. The maximum atomic E-state index is 13.5. The van der Waals surface area contributed by atoms with Gasteiger partial charge in [0.25, 0.3) is 0 Å². The van der Waals surface area contributed by atoms with Gasteiger partial charge in [0, 0.05) is 23.8 Å². The number of halogens is 2. The fraction of sp³-hybridized carbons (Fsp3) is 0.944. The van der Waals surface area contributed by atoms with Crippen molar-refractivity contribution in [3.8, 4) is 0 Å². The molecular weight excluding hydrogens is 430 g/mol. The van der Waals surface area contributed by atoms with Crippen LogP contribution in [0.2, 0.25) is 0 Å². The minimum Gasteiger partial charge on any atom is -0.455 e. The lowest BCUT2D eigenvalue weighted by atomic mass is 9.53. The first-order valence-corrected chi connectivity index (χ1v) is 12.7. The van der Waals surface area contributed by atoms with E-state index in [-0.39, 0.29) is 9.49 Å². The summed E-state index contributed by atoms with van der Waals surface area (Å²) in [5.74, 6) is -1.86. The van der Waals surface area contributed by atoms with Crippen molar-refractivity contribution in [3.05, 3.63) is 0 Å². The smallest absolute Gasteiger partial charge is 0.377 e. The van der Waals surface area contributed by atoms with Gasteiger partial charge < -0.3 is 4.74 Å². The molecule has 6 aliphatic rings. The Labute approximate surface area is 174 Å². The maximum Gasteiger partial charge on any atom is 0.377 e. The molecule has 2 atom stereocenters. The third-order valence-corrected chi connectivity index (χ3v) is 12.1. The highest BCUT2D eigenvalue weighted by Crippen LogP contribution is 2.70. The van der Waals surface area contributed by atoms with Crippen LogP contribution in [0.15, 0.2) is 0 Å². The molecule has 0 amide bonds. The monoisotopic (exact) mass is 454 g/mol. The summed E-state index contributed by atoms with van der Waals surface area (Å²) < 4.78 is 54.3. The molecule has 10 heteroatoms. The Kier molecular flexibility index (Phi) is 4.68. The molecule has 0 radical (unpaired) electrons. The normalized spacial score (nSPS) is 50.2. The first-order valence-electron chi connectivity index (χ1n) is 9.71. The van der Waals surface area contributed by atoms with Gasteiger partial charge >= 0.3 is 23.3 Å². The van der Waals surface area contributed by atoms with Gasteiger partial charge in [0.2, 0.25) is 0 Å². The average Bonchev–Trinajstić information content (AvgIpc) is 2.62. The first-order chi connectivity index (χ1) is 13.1. The van der Waals surface area contributed by atoms with Gasteiger partial charge in [-0.2, -0.15) is 13.0 Å². The summed E-state index contributed by atoms with van der Waals surface area (Å²) in [6.45, 7) is 1.51. The number of esters is 1. The van der Waals surface area contributed by atoms with Crippen molar-refractivity contribution in [2.75, 3.05) is 24.7 Å². The summed E-state index contributed by atoms with van der Waals surface area (Å²) in [5, 5.41) is 0. The Hall–Kier alpha value is 0.1000. The number of carbonyl (C=O) groups excluding carboxylic acids is 1. The van der Waals surface area contributed by atoms with E-state index in [4.69, 9.17) is 13.1 Å². The SMILES string of the molecule is CC(F)(F)C(=O)OC12CC3CC(C1)C1(SCC4(COS(=O)OC4)CS1)C(C3)C2. The molecule has 0 N–H and O–H groups in total. The van der Waals surface area contributed by atoms with Crippen molar-refractivity contribution in [2.24, 2.45) is 23.2 Å². The topological polar surface area (TPSA) is 61.8 Å². The zero-order valence-electron chi connectivity index (χ0n) is 15.6. The molecule has 4 saturated carbocycles. The van der Waals surface area contributed by atoms with Crippen LogP contribution in [0, 0.1) is 23.2 Å². The minimum atomic E-state index is -3.44. The largest absolute Gasteiger partial charge is 0.455 e.